The predicted octanol–water partition coefficient (Wildman–Crippen LogP) is 6.06. The molecular formula is C26H29NO5S. The van der Waals surface area contributed by atoms with Gasteiger partial charge in [-0.15, -0.1) is 11.3 Å². The minimum atomic E-state index is -1.09. The summed E-state index contributed by atoms with van der Waals surface area (Å²) in [5.41, 5.74) is 3.92. The molecular weight excluding hydrogens is 438 g/mol. The van der Waals surface area contributed by atoms with Crippen molar-refractivity contribution in [1.29, 1.82) is 0 Å². The lowest BCUT2D eigenvalue weighted by Gasteiger charge is -2.26. The average Bonchev–Trinajstić information content (AvgIpc) is 3.13. The maximum absolute atomic E-state index is 12.4. The standard InChI is InChI=1S/C26H29NO5S/c1-15-21(23(25(28)29)32-26(2,3)4)22(17-8-10-19-16(13-17)7-6-12-31-19)24(33-15)18-9-11-20(30-5)27-14-18/h8-11,13-14,23H,6-7,12H2,1-5H3,(H,28,29). The average molecular weight is 468 g/mol. The Labute approximate surface area is 198 Å². The van der Waals surface area contributed by atoms with Gasteiger partial charge in [0, 0.05) is 38.7 Å². The van der Waals surface area contributed by atoms with Crippen LogP contribution in [0.25, 0.3) is 21.6 Å². The Bertz CT molecular complexity index is 1160. The summed E-state index contributed by atoms with van der Waals surface area (Å²) in [6, 6.07) is 9.87. The van der Waals surface area contributed by atoms with Gasteiger partial charge in [0.25, 0.3) is 0 Å². The van der Waals surface area contributed by atoms with Gasteiger partial charge in [0.15, 0.2) is 6.10 Å². The summed E-state index contributed by atoms with van der Waals surface area (Å²) in [7, 11) is 1.58. The van der Waals surface area contributed by atoms with Gasteiger partial charge in [-0.25, -0.2) is 9.78 Å². The predicted molar refractivity (Wildman–Crippen MR) is 129 cm³/mol. The molecule has 3 aromatic rings. The van der Waals surface area contributed by atoms with E-state index in [1.165, 1.54) is 0 Å². The summed E-state index contributed by atoms with van der Waals surface area (Å²) in [5, 5.41) is 10.2. The van der Waals surface area contributed by atoms with Crippen molar-refractivity contribution in [3.8, 4) is 33.2 Å². The first-order valence-electron chi connectivity index (χ1n) is 11.0. The smallest absolute Gasteiger partial charge is 0.337 e. The molecule has 1 aliphatic rings. The lowest BCUT2D eigenvalue weighted by Crippen LogP contribution is -2.27. The number of pyridine rings is 1. The van der Waals surface area contributed by atoms with Crippen LogP contribution in [0.15, 0.2) is 36.5 Å². The van der Waals surface area contributed by atoms with Crippen LogP contribution >= 0.6 is 11.3 Å². The Morgan fingerprint density at radius 2 is 1.97 bits per heavy atom. The van der Waals surface area contributed by atoms with E-state index < -0.39 is 17.7 Å². The van der Waals surface area contributed by atoms with E-state index in [1.807, 2.05) is 52.0 Å². The summed E-state index contributed by atoms with van der Waals surface area (Å²) in [4.78, 5) is 18.6. The topological polar surface area (TPSA) is 77.9 Å². The SMILES string of the molecule is COc1ccc(-c2sc(C)c(C(OC(C)(C)C)C(=O)O)c2-c2ccc3c(c2)CCCO3)cn1. The summed E-state index contributed by atoms with van der Waals surface area (Å²) >= 11 is 1.56. The van der Waals surface area contributed by atoms with Crippen LogP contribution in [0.2, 0.25) is 0 Å². The molecule has 1 aromatic carbocycles. The molecule has 7 heteroatoms. The van der Waals surface area contributed by atoms with Crippen LogP contribution in [0.1, 0.15) is 49.3 Å². The first kappa shape index (κ1) is 23.3. The van der Waals surface area contributed by atoms with Gasteiger partial charge in [0.05, 0.1) is 19.3 Å². The van der Waals surface area contributed by atoms with Crippen LogP contribution in [0, 0.1) is 6.92 Å². The Morgan fingerprint density at radius 1 is 1.21 bits per heavy atom. The molecule has 0 aliphatic carbocycles. The first-order valence-corrected chi connectivity index (χ1v) is 11.8. The number of aryl methyl sites for hydroxylation is 2. The Hall–Kier alpha value is -2.90. The highest BCUT2D eigenvalue weighted by molar-refractivity contribution is 7.16. The summed E-state index contributed by atoms with van der Waals surface area (Å²) in [5.74, 6) is 0.416. The summed E-state index contributed by atoms with van der Waals surface area (Å²) < 4.78 is 17.1. The van der Waals surface area contributed by atoms with Gasteiger partial charge in [-0.1, -0.05) is 6.07 Å². The molecule has 3 heterocycles. The van der Waals surface area contributed by atoms with Gasteiger partial charge in [-0.3, -0.25) is 0 Å². The minimum absolute atomic E-state index is 0.527. The lowest BCUT2D eigenvalue weighted by atomic mass is 9.92. The second-order valence-electron chi connectivity index (χ2n) is 9.09. The van der Waals surface area contributed by atoms with Gasteiger partial charge in [-0.05, 0) is 69.9 Å². The van der Waals surface area contributed by atoms with E-state index >= 15 is 0 Å². The fourth-order valence-electron chi connectivity index (χ4n) is 4.10. The molecule has 1 unspecified atom stereocenters. The van der Waals surface area contributed by atoms with Gasteiger partial charge in [0.1, 0.15) is 5.75 Å². The van der Waals surface area contributed by atoms with Gasteiger partial charge < -0.3 is 19.3 Å². The molecule has 1 atom stereocenters. The number of thiophene rings is 1. The second kappa shape index (κ2) is 9.15. The highest BCUT2D eigenvalue weighted by atomic mass is 32.1. The van der Waals surface area contributed by atoms with Crippen LogP contribution in [0.3, 0.4) is 0 Å². The van der Waals surface area contributed by atoms with E-state index in [1.54, 1.807) is 24.6 Å². The number of aromatic nitrogens is 1. The molecule has 0 amide bonds. The molecule has 4 rings (SSSR count). The van der Waals surface area contributed by atoms with E-state index in [0.29, 0.717) is 11.4 Å². The zero-order chi connectivity index (χ0) is 23.8. The molecule has 2 aromatic heterocycles. The van der Waals surface area contributed by atoms with Crippen LogP contribution in [-0.4, -0.2) is 35.4 Å². The molecule has 0 saturated heterocycles. The number of ether oxygens (including phenoxy) is 3. The number of carbonyl (C=O) groups is 1. The zero-order valence-electron chi connectivity index (χ0n) is 19.6. The molecule has 0 saturated carbocycles. The highest BCUT2D eigenvalue weighted by Crippen LogP contribution is 2.48. The van der Waals surface area contributed by atoms with Gasteiger partial charge in [-0.2, -0.15) is 0 Å². The molecule has 0 bridgehead atoms. The number of fused-ring (bicyclic) bond motifs is 1. The summed E-state index contributed by atoms with van der Waals surface area (Å²) in [6.45, 7) is 8.28. The second-order valence-corrected chi connectivity index (χ2v) is 10.3. The van der Waals surface area contributed by atoms with Gasteiger partial charge >= 0.3 is 5.97 Å². The van der Waals surface area contributed by atoms with E-state index in [4.69, 9.17) is 14.2 Å². The van der Waals surface area contributed by atoms with E-state index in [0.717, 1.165) is 57.2 Å². The van der Waals surface area contributed by atoms with Crippen LogP contribution in [-0.2, 0) is 16.0 Å². The van der Waals surface area contributed by atoms with Crippen molar-refractivity contribution in [1.82, 2.24) is 4.98 Å². The Balaban J connectivity index is 1.94. The molecule has 174 valence electrons. The number of rotatable bonds is 6. The largest absolute Gasteiger partial charge is 0.493 e. The maximum Gasteiger partial charge on any atom is 0.337 e. The number of benzene rings is 1. The minimum Gasteiger partial charge on any atom is -0.493 e. The molecule has 1 aliphatic heterocycles. The van der Waals surface area contributed by atoms with Crippen molar-refractivity contribution in [3.63, 3.8) is 0 Å². The fraction of sp³-hybridized carbons (Fsp3) is 0.385. The fourth-order valence-corrected chi connectivity index (χ4v) is 5.29. The number of nitrogens with zero attached hydrogens (tertiary/aromatic N) is 1. The van der Waals surface area contributed by atoms with Crippen molar-refractivity contribution in [3.05, 3.63) is 52.5 Å². The molecule has 6 nitrogen and oxygen atoms in total. The number of methoxy groups -OCH3 is 1. The molecule has 0 radical (unpaired) electrons. The third-order valence-corrected chi connectivity index (χ3v) is 6.66. The third kappa shape index (κ3) is 4.89. The normalized spacial score (nSPS) is 14.3. The summed E-state index contributed by atoms with van der Waals surface area (Å²) in [6.07, 6.45) is 2.57. The first-order chi connectivity index (χ1) is 15.7. The van der Waals surface area contributed by atoms with Crippen molar-refractivity contribution >= 4 is 17.3 Å². The Kier molecular flexibility index (Phi) is 6.45. The van der Waals surface area contributed by atoms with Crippen LogP contribution in [0.5, 0.6) is 11.6 Å². The molecule has 33 heavy (non-hydrogen) atoms. The van der Waals surface area contributed by atoms with Crippen LogP contribution in [0.4, 0.5) is 0 Å². The maximum atomic E-state index is 12.4. The van der Waals surface area contributed by atoms with E-state index in [2.05, 4.69) is 11.1 Å². The van der Waals surface area contributed by atoms with Crippen LogP contribution < -0.4 is 9.47 Å². The lowest BCUT2D eigenvalue weighted by molar-refractivity contribution is -0.160. The zero-order valence-corrected chi connectivity index (χ0v) is 20.4. The monoisotopic (exact) mass is 467 g/mol. The number of hydrogen-bond donors (Lipinski definition) is 1. The molecule has 0 spiro atoms. The highest BCUT2D eigenvalue weighted by Gasteiger charge is 2.34. The number of carboxylic acid groups (broad SMARTS) is 1. The quantitative estimate of drug-likeness (QED) is 0.475. The van der Waals surface area contributed by atoms with Crippen molar-refractivity contribution in [2.24, 2.45) is 0 Å². The number of carboxylic acids is 1. The van der Waals surface area contributed by atoms with Crippen molar-refractivity contribution in [2.45, 2.75) is 52.2 Å². The van der Waals surface area contributed by atoms with Crippen molar-refractivity contribution in [2.75, 3.05) is 13.7 Å². The number of aliphatic carboxylic acids is 1. The third-order valence-electron chi connectivity index (χ3n) is 5.49. The van der Waals surface area contributed by atoms with Crippen molar-refractivity contribution < 1.29 is 24.1 Å². The van der Waals surface area contributed by atoms with Gasteiger partial charge in [0.2, 0.25) is 5.88 Å². The van der Waals surface area contributed by atoms with E-state index in [9.17, 15) is 9.90 Å². The number of hydrogen-bond acceptors (Lipinski definition) is 6. The molecule has 1 N–H and O–H groups in total. The molecule has 0 fully saturated rings. The van der Waals surface area contributed by atoms with E-state index in [-0.39, 0.29) is 0 Å². The Morgan fingerprint density at radius 3 is 2.61 bits per heavy atom.